The zero-order chi connectivity index (χ0) is 17.1. The number of fused-ring (bicyclic) bond motifs is 1. The van der Waals surface area contributed by atoms with Gasteiger partial charge in [0, 0.05) is 34.5 Å². The molecular weight excluding hydrogens is 332 g/mol. The van der Waals surface area contributed by atoms with Crippen LogP contribution in [-0.2, 0) is 9.59 Å². The fourth-order valence-corrected chi connectivity index (χ4v) is 2.27. The number of rotatable bonds is 4. The molecule has 1 heterocycles. The summed E-state index contributed by atoms with van der Waals surface area (Å²) in [6.07, 6.45) is 1.70. The van der Waals surface area contributed by atoms with Crippen LogP contribution in [0.3, 0.4) is 0 Å². The fraction of sp³-hybridized carbons (Fsp3) is 0. The summed E-state index contributed by atoms with van der Waals surface area (Å²) in [6.45, 7) is 0. The monoisotopic (exact) mass is 342 g/mol. The van der Waals surface area contributed by atoms with E-state index in [0.29, 0.717) is 27.7 Å². The van der Waals surface area contributed by atoms with Crippen molar-refractivity contribution >= 4 is 40.3 Å². The van der Waals surface area contributed by atoms with Gasteiger partial charge in [-0.25, -0.2) is 9.78 Å². The van der Waals surface area contributed by atoms with Crippen LogP contribution in [0.15, 0.2) is 59.0 Å². The summed E-state index contributed by atoms with van der Waals surface area (Å²) >= 11 is 5.96. The number of carboxylic acids is 1. The highest BCUT2D eigenvalue weighted by molar-refractivity contribution is 6.30. The number of amides is 1. The van der Waals surface area contributed by atoms with Crippen LogP contribution >= 0.6 is 11.6 Å². The molecule has 3 rings (SSSR count). The molecule has 1 aromatic heterocycles. The third-order valence-corrected chi connectivity index (χ3v) is 3.34. The van der Waals surface area contributed by atoms with E-state index in [4.69, 9.17) is 21.1 Å². The van der Waals surface area contributed by atoms with Crippen molar-refractivity contribution in [2.75, 3.05) is 5.32 Å². The molecular formula is C17H11ClN2O4. The van der Waals surface area contributed by atoms with Gasteiger partial charge in [-0.15, -0.1) is 0 Å². The Balaban J connectivity index is 1.86. The van der Waals surface area contributed by atoms with Gasteiger partial charge in [-0.05, 0) is 30.3 Å². The van der Waals surface area contributed by atoms with Gasteiger partial charge < -0.3 is 14.8 Å². The number of benzene rings is 2. The fourth-order valence-electron chi connectivity index (χ4n) is 2.08. The predicted octanol–water partition coefficient (Wildman–Crippen LogP) is 3.73. The summed E-state index contributed by atoms with van der Waals surface area (Å²) in [4.78, 5) is 26.4. The molecule has 1 amide bonds. The van der Waals surface area contributed by atoms with Crippen LogP contribution in [0, 0.1) is 0 Å². The van der Waals surface area contributed by atoms with Crippen molar-refractivity contribution in [2.45, 2.75) is 0 Å². The SMILES string of the molecule is O=C(O)/C=C/C(=O)Nc1ccc2nc(-c3cccc(Cl)c3)oc2c1. The van der Waals surface area contributed by atoms with Crippen molar-refractivity contribution in [1.82, 2.24) is 4.98 Å². The Morgan fingerprint density at radius 2 is 2.00 bits per heavy atom. The van der Waals surface area contributed by atoms with Crippen molar-refractivity contribution < 1.29 is 19.1 Å². The van der Waals surface area contributed by atoms with E-state index in [9.17, 15) is 9.59 Å². The largest absolute Gasteiger partial charge is 0.478 e. The lowest BCUT2D eigenvalue weighted by Gasteiger charge is -2.00. The second-order valence-corrected chi connectivity index (χ2v) is 5.31. The van der Waals surface area contributed by atoms with Crippen molar-refractivity contribution in [1.29, 1.82) is 0 Å². The van der Waals surface area contributed by atoms with E-state index < -0.39 is 11.9 Å². The first-order chi connectivity index (χ1) is 11.5. The van der Waals surface area contributed by atoms with Crippen LogP contribution in [0.5, 0.6) is 0 Å². The lowest BCUT2D eigenvalue weighted by molar-refractivity contribution is -0.131. The first-order valence-corrected chi connectivity index (χ1v) is 7.27. The normalized spacial score (nSPS) is 11.0. The van der Waals surface area contributed by atoms with Crippen LogP contribution in [0.25, 0.3) is 22.6 Å². The number of hydrogen-bond donors (Lipinski definition) is 2. The van der Waals surface area contributed by atoms with E-state index in [1.807, 2.05) is 6.07 Å². The van der Waals surface area contributed by atoms with Gasteiger partial charge >= 0.3 is 5.97 Å². The van der Waals surface area contributed by atoms with Crippen molar-refractivity contribution in [2.24, 2.45) is 0 Å². The van der Waals surface area contributed by atoms with Gasteiger partial charge in [-0.1, -0.05) is 17.7 Å². The molecule has 7 heteroatoms. The summed E-state index contributed by atoms with van der Waals surface area (Å²) in [5.74, 6) is -1.32. The van der Waals surface area contributed by atoms with Crippen LogP contribution in [0.1, 0.15) is 0 Å². The van der Waals surface area contributed by atoms with Crippen molar-refractivity contribution in [3.63, 3.8) is 0 Å². The van der Waals surface area contributed by atoms with Gasteiger partial charge in [0.1, 0.15) is 5.52 Å². The van der Waals surface area contributed by atoms with E-state index in [-0.39, 0.29) is 0 Å². The number of carboxylic acid groups (broad SMARTS) is 1. The average Bonchev–Trinajstić information content (AvgIpc) is 2.96. The number of aliphatic carboxylic acids is 1. The Morgan fingerprint density at radius 1 is 1.17 bits per heavy atom. The molecule has 0 saturated heterocycles. The Hall–Kier alpha value is -3.12. The third kappa shape index (κ3) is 3.61. The number of oxazole rings is 1. The molecule has 0 fully saturated rings. The Morgan fingerprint density at radius 3 is 2.75 bits per heavy atom. The number of carbonyl (C=O) groups is 2. The topological polar surface area (TPSA) is 92.4 Å². The van der Waals surface area contributed by atoms with Crippen LogP contribution < -0.4 is 5.32 Å². The molecule has 2 N–H and O–H groups in total. The molecule has 2 aromatic carbocycles. The van der Waals surface area contributed by atoms with E-state index in [1.54, 1.807) is 36.4 Å². The van der Waals surface area contributed by atoms with Crippen LogP contribution in [0.2, 0.25) is 5.02 Å². The first-order valence-electron chi connectivity index (χ1n) is 6.90. The maximum atomic E-state index is 11.6. The highest BCUT2D eigenvalue weighted by Gasteiger charge is 2.10. The number of hydrogen-bond acceptors (Lipinski definition) is 4. The molecule has 6 nitrogen and oxygen atoms in total. The molecule has 0 unspecified atom stereocenters. The molecule has 0 spiro atoms. The minimum absolute atomic E-state index is 0.418. The lowest BCUT2D eigenvalue weighted by atomic mass is 10.2. The number of aromatic nitrogens is 1. The Labute approximate surface area is 141 Å². The highest BCUT2D eigenvalue weighted by Crippen LogP contribution is 2.27. The zero-order valence-electron chi connectivity index (χ0n) is 12.2. The Kier molecular flexibility index (Phi) is 4.31. The van der Waals surface area contributed by atoms with Gasteiger partial charge in [0.25, 0.3) is 0 Å². The number of halogens is 1. The summed E-state index contributed by atoms with van der Waals surface area (Å²) < 4.78 is 5.70. The second kappa shape index (κ2) is 6.55. The Bertz CT molecular complexity index is 962. The number of carbonyl (C=O) groups excluding carboxylic acids is 1. The van der Waals surface area contributed by atoms with Crippen LogP contribution in [-0.4, -0.2) is 22.0 Å². The van der Waals surface area contributed by atoms with Crippen LogP contribution in [0.4, 0.5) is 5.69 Å². The molecule has 3 aromatic rings. The van der Waals surface area contributed by atoms with Crippen molar-refractivity contribution in [3.8, 4) is 11.5 Å². The third-order valence-electron chi connectivity index (χ3n) is 3.10. The summed E-state index contributed by atoms with van der Waals surface area (Å²) in [5.41, 5.74) is 2.33. The quantitative estimate of drug-likeness (QED) is 0.705. The number of nitrogens with zero attached hydrogens (tertiary/aromatic N) is 1. The molecule has 24 heavy (non-hydrogen) atoms. The molecule has 120 valence electrons. The highest BCUT2D eigenvalue weighted by atomic mass is 35.5. The van der Waals surface area contributed by atoms with E-state index in [1.165, 1.54) is 0 Å². The minimum atomic E-state index is -1.19. The standard InChI is InChI=1S/C17H11ClN2O4/c18-11-3-1-2-10(8-11)17-20-13-5-4-12(9-14(13)24-17)19-15(21)6-7-16(22)23/h1-9H,(H,19,21)(H,22,23)/b7-6+. The maximum Gasteiger partial charge on any atom is 0.328 e. The molecule has 0 saturated carbocycles. The van der Waals surface area contributed by atoms with Gasteiger partial charge in [-0.2, -0.15) is 0 Å². The average molecular weight is 343 g/mol. The number of anilines is 1. The summed E-state index contributed by atoms with van der Waals surface area (Å²) in [7, 11) is 0. The van der Waals surface area contributed by atoms with E-state index in [2.05, 4.69) is 10.3 Å². The number of nitrogens with one attached hydrogen (secondary N) is 1. The molecule has 0 atom stereocenters. The van der Waals surface area contributed by atoms with Gasteiger partial charge in [-0.3, -0.25) is 4.79 Å². The summed E-state index contributed by atoms with van der Waals surface area (Å²) in [5, 5.41) is 11.6. The van der Waals surface area contributed by atoms with Gasteiger partial charge in [0.05, 0.1) is 0 Å². The lowest BCUT2D eigenvalue weighted by Crippen LogP contribution is -2.08. The molecule has 0 radical (unpaired) electrons. The van der Waals surface area contributed by atoms with Gasteiger partial charge in [0.2, 0.25) is 11.8 Å². The van der Waals surface area contributed by atoms with E-state index >= 15 is 0 Å². The molecule has 0 aliphatic heterocycles. The molecule has 0 aliphatic rings. The maximum absolute atomic E-state index is 11.6. The summed E-state index contributed by atoms with van der Waals surface area (Å²) in [6, 6.07) is 12.1. The zero-order valence-corrected chi connectivity index (χ0v) is 12.9. The van der Waals surface area contributed by atoms with E-state index in [0.717, 1.165) is 17.7 Å². The molecule has 0 bridgehead atoms. The van der Waals surface area contributed by atoms with Crippen molar-refractivity contribution in [3.05, 3.63) is 59.6 Å². The first kappa shape index (κ1) is 15.8. The van der Waals surface area contributed by atoms with Gasteiger partial charge in [0.15, 0.2) is 5.58 Å². The predicted molar refractivity (Wildman–Crippen MR) is 89.9 cm³/mol. The smallest absolute Gasteiger partial charge is 0.328 e. The molecule has 0 aliphatic carbocycles. The second-order valence-electron chi connectivity index (χ2n) is 4.87. The minimum Gasteiger partial charge on any atom is -0.478 e.